The predicted molar refractivity (Wildman–Crippen MR) is 72.8 cm³/mol. The fourth-order valence-corrected chi connectivity index (χ4v) is 2.45. The Kier molecular flexibility index (Phi) is 5.16. The van der Waals surface area contributed by atoms with Crippen LogP contribution in [0.3, 0.4) is 0 Å². The van der Waals surface area contributed by atoms with Gasteiger partial charge in [0, 0.05) is 18.2 Å². The van der Waals surface area contributed by atoms with Crippen LogP contribution in [0.25, 0.3) is 0 Å². The predicted octanol–water partition coefficient (Wildman–Crippen LogP) is 2.74. The molecule has 0 unspecified atom stereocenters. The largest absolute Gasteiger partial charge is 0.493 e. The van der Waals surface area contributed by atoms with Crippen LogP contribution >= 0.6 is 0 Å². The van der Waals surface area contributed by atoms with E-state index in [-0.39, 0.29) is 5.82 Å². The minimum atomic E-state index is -0.644. The van der Waals surface area contributed by atoms with Gasteiger partial charge in [-0.2, -0.15) is 0 Å². The van der Waals surface area contributed by atoms with Crippen molar-refractivity contribution in [1.82, 2.24) is 4.90 Å². The second-order valence-electron chi connectivity index (χ2n) is 5.11. The number of benzene rings is 1. The zero-order chi connectivity index (χ0) is 13.7. The minimum absolute atomic E-state index is 0.334. The molecule has 0 saturated carbocycles. The number of rotatable bonds is 6. The topological polar surface area (TPSA) is 32.7 Å². The number of halogens is 1. The van der Waals surface area contributed by atoms with Crippen LogP contribution in [0.15, 0.2) is 18.2 Å². The van der Waals surface area contributed by atoms with Gasteiger partial charge in [0.25, 0.3) is 0 Å². The van der Waals surface area contributed by atoms with Gasteiger partial charge in [-0.1, -0.05) is 0 Å². The van der Waals surface area contributed by atoms with Crippen LogP contribution in [0.5, 0.6) is 5.75 Å². The Hall–Kier alpha value is -1.13. The summed E-state index contributed by atoms with van der Waals surface area (Å²) in [6, 6.07) is 4.27. The highest BCUT2D eigenvalue weighted by Crippen LogP contribution is 2.26. The summed E-state index contributed by atoms with van der Waals surface area (Å²) in [4.78, 5) is 2.42. The molecule has 2 rings (SSSR count). The van der Waals surface area contributed by atoms with E-state index in [0.717, 1.165) is 13.0 Å². The normalized spacial score (nSPS) is 17.6. The Balaban J connectivity index is 1.82. The molecule has 3 nitrogen and oxygen atoms in total. The zero-order valence-corrected chi connectivity index (χ0v) is 11.4. The monoisotopic (exact) mass is 267 g/mol. The van der Waals surface area contributed by atoms with Crippen molar-refractivity contribution in [3.63, 3.8) is 0 Å². The molecule has 1 aliphatic heterocycles. The molecule has 106 valence electrons. The lowest BCUT2D eigenvalue weighted by Crippen LogP contribution is -2.22. The fourth-order valence-electron chi connectivity index (χ4n) is 2.45. The van der Waals surface area contributed by atoms with E-state index in [9.17, 15) is 9.50 Å². The van der Waals surface area contributed by atoms with Gasteiger partial charge in [-0.3, -0.25) is 0 Å². The first-order valence-corrected chi connectivity index (χ1v) is 6.99. The number of ether oxygens (including phenoxy) is 1. The number of aliphatic hydroxyl groups is 1. The molecule has 1 saturated heterocycles. The quantitative estimate of drug-likeness (QED) is 0.804. The van der Waals surface area contributed by atoms with Crippen LogP contribution in [0.1, 0.15) is 37.9 Å². The number of aliphatic hydroxyl groups excluding tert-OH is 1. The average Bonchev–Trinajstić information content (AvgIpc) is 2.87. The van der Waals surface area contributed by atoms with Crippen molar-refractivity contribution in [1.29, 1.82) is 0 Å². The van der Waals surface area contributed by atoms with Crippen LogP contribution in [-0.2, 0) is 0 Å². The molecule has 0 aromatic heterocycles. The molecule has 1 fully saturated rings. The molecular formula is C15H22FNO2. The maximum Gasteiger partial charge on any atom is 0.127 e. The van der Waals surface area contributed by atoms with Gasteiger partial charge in [-0.15, -0.1) is 0 Å². The van der Waals surface area contributed by atoms with E-state index >= 15 is 0 Å². The van der Waals surface area contributed by atoms with Crippen LogP contribution in [-0.4, -0.2) is 36.2 Å². The van der Waals surface area contributed by atoms with Crippen molar-refractivity contribution in [2.75, 3.05) is 26.2 Å². The summed E-state index contributed by atoms with van der Waals surface area (Å²) < 4.78 is 18.8. The lowest BCUT2D eigenvalue weighted by Gasteiger charge is -2.16. The molecule has 19 heavy (non-hydrogen) atoms. The van der Waals surface area contributed by atoms with Crippen molar-refractivity contribution < 1.29 is 14.2 Å². The standard InChI is InChI=1S/C15H22FNO2/c1-12(18)14-6-5-13(16)11-15(14)19-10-4-9-17-7-2-3-8-17/h5-6,11-12,18H,2-4,7-10H2,1H3/t12-/m1/s1. The van der Waals surface area contributed by atoms with E-state index in [2.05, 4.69) is 4.90 Å². The third-order valence-electron chi connectivity index (χ3n) is 3.50. The third kappa shape index (κ3) is 4.18. The van der Waals surface area contributed by atoms with E-state index in [1.807, 2.05) is 0 Å². The fraction of sp³-hybridized carbons (Fsp3) is 0.600. The molecule has 1 aromatic rings. The summed E-state index contributed by atoms with van der Waals surface area (Å²) >= 11 is 0. The van der Waals surface area contributed by atoms with Crippen molar-refractivity contribution in [2.24, 2.45) is 0 Å². The molecule has 0 bridgehead atoms. The second-order valence-corrected chi connectivity index (χ2v) is 5.11. The Morgan fingerprint density at radius 3 is 2.79 bits per heavy atom. The molecule has 1 aliphatic rings. The lowest BCUT2D eigenvalue weighted by atomic mass is 10.1. The maximum atomic E-state index is 13.2. The van der Waals surface area contributed by atoms with E-state index in [0.29, 0.717) is 17.9 Å². The summed E-state index contributed by atoms with van der Waals surface area (Å²) in [6.45, 7) is 5.60. The van der Waals surface area contributed by atoms with Gasteiger partial charge in [0.15, 0.2) is 0 Å². The van der Waals surface area contributed by atoms with Gasteiger partial charge in [0.05, 0.1) is 12.7 Å². The minimum Gasteiger partial charge on any atom is -0.493 e. The summed E-state index contributed by atoms with van der Waals surface area (Å²) in [7, 11) is 0. The van der Waals surface area contributed by atoms with Crippen LogP contribution in [0.4, 0.5) is 4.39 Å². The smallest absolute Gasteiger partial charge is 0.127 e. The second kappa shape index (κ2) is 6.87. The van der Waals surface area contributed by atoms with Crippen molar-refractivity contribution >= 4 is 0 Å². The van der Waals surface area contributed by atoms with Gasteiger partial charge >= 0.3 is 0 Å². The number of nitrogens with zero attached hydrogens (tertiary/aromatic N) is 1. The highest BCUT2D eigenvalue weighted by molar-refractivity contribution is 5.35. The van der Waals surface area contributed by atoms with Gasteiger partial charge in [-0.25, -0.2) is 4.39 Å². The highest BCUT2D eigenvalue weighted by atomic mass is 19.1. The van der Waals surface area contributed by atoms with E-state index in [1.54, 1.807) is 13.0 Å². The van der Waals surface area contributed by atoms with Gasteiger partial charge in [-0.05, 0) is 51.4 Å². The number of hydrogen-bond acceptors (Lipinski definition) is 3. The van der Waals surface area contributed by atoms with E-state index in [4.69, 9.17) is 4.74 Å². The summed E-state index contributed by atoms with van der Waals surface area (Å²) in [5.41, 5.74) is 0.641. The van der Waals surface area contributed by atoms with Crippen LogP contribution in [0, 0.1) is 5.82 Å². The Morgan fingerprint density at radius 1 is 1.37 bits per heavy atom. The van der Waals surface area contributed by atoms with Crippen molar-refractivity contribution in [3.8, 4) is 5.75 Å². The molecule has 0 radical (unpaired) electrons. The first kappa shape index (κ1) is 14.3. The lowest BCUT2D eigenvalue weighted by molar-refractivity contribution is 0.189. The van der Waals surface area contributed by atoms with Crippen molar-refractivity contribution in [3.05, 3.63) is 29.6 Å². The molecule has 4 heteroatoms. The first-order valence-electron chi connectivity index (χ1n) is 6.99. The molecule has 1 aromatic carbocycles. The van der Waals surface area contributed by atoms with E-state index in [1.165, 1.54) is 38.1 Å². The summed E-state index contributed by atoms with van der Waals surface area (Å²) in [5.74, 6) is 0.121. The highest BCUT2D eigenvalue weighted by Gasteiger charge is 2.12. The average molecular weight is 267 g/mol. The van der Waals surface area contributed by atoms with Crippen LogP contribution < -0.4 is 4.74 Å². The molecular weight excluding hydrogens is 245 g/mol. The molecule has 1 atom stereocenters. The van der Waals surface area contributed by atoms with Crippen LogP contribution in [0.2, 0.25) is 0 Å². The number of hydrogen-bond donors (Lipinski definition) is 1. The third-order valence-corrected chi connectivity index (χ3v) is 3.50. The zero-order valence-electron chi connectivity index (χ0n) is 11.4. The van der Waals surface area contributed by atoms with Crippen molar-refractivity contribution in [2.45, 2.75) is 32.3 Å². The summed E-state index contributed by atoms with van der Waals surface area (Å²) in [6.07, 6.45) is 2.86. The summed E-state index contributed by atoms with van der Waals surface area (Å²) in [5, 5.41) is 9.61. The number of likely N-dealkylation sites (tertiary alicyclic amines) is 1. The molecule has 1 N–H and O–H groups in total. The Labute approximate surface area is 114 Å². The SMILES string of the molecule is C[C@@H](O)c1ccc(F)cc1OCCCN1CCCC1. The van der Waals surface area contributed by atoms with Gasteiger partial charge in [0.1, 0.15) is 11.6 Å². The maximum absolute atomic E-state index is 13.2. The van der Waals surface area contributed by atoms with E-state index < -0.39 is 6.10 Å². The van der Waals surface area contributed by atoms with Gasteiger partial charge in [0.2, 0.25) is 0 Å². The molecule has 0 spiro atoms. The molecule has 0 aliphatic carbocycles. The Morgan fingerprint density at radius 2 is 2.11 bits per heavy atom. The Bertz CT molecular complexity index is 403. The molecule has 0 amide bonds. The first-order chi connectivity index (χ1) is 9.16. The molecule has 1 heterocycles. The van der Waals surface area contributed by atoms with Gasteiger partial charge < -0.3 is 14.7 Å².